The van der Waals surface area contributed by atoms with Crippen molar-refractivity contribution in [2.75, 3.05) is 7.11 Å². The molecule has 0 aliphatic rings. The SMILES string of the molecule is COc1ccc(C(=O)OCc2nnc(-c3ccc(Br)s3)o2)c(F)c1. The molecule has 0 atom stereocenters. The van der Waals surface area contributed by atoms with Gasteiger partial charge in [0.25, 0.3) is 11.8 Å². The number of rotatable bonds is 5. The maximum Gasteiger partial charge on any atom is 0.341 e. The van der Waals surface area contributed by atoms with E-state index in [-0.39, 0.29) is 18.1 Å². The van der Waals surface area contributed by atoms with Crippen LogP contribution in [-0.4, -0.2) is 23.3 Å². The highest BCUT2D eigenvalue weighted by molar-refractivity contribution is 9.11. The van der Waals surface area contributed by atoms with Gasteiger partial charge in [0.15, 0.2) is 6.61 Å². The van der Waals surface area contributed by atoms with Crippen LogP contribution in [0.2, 0.25) is 0 Å². The van der Waals surface area contributed by atoms with Crippen LogP contribution < -0.4 is 4.74 Å². The molecule has 124 valence electrons. The van der Waals surface area contributed by atoms with Crippen molar-refractivity contribution in [3.05, 3.63) is 51.4 Å². The Hall–Kier alpha value is -2.26. The van der Waals surface area contributed by atoms with Crippen molar-refractivity contribution < 1.29 is 23.1 Å². The van der Waals surface area contributed by atoms with Crippen LogP contribution in [-0.2, 0) is 11.3 Å². The van der Waals surface area contributed by atoms with E-state index in [1.54, 1.807) is 0 Å². The van der Waals surface area contributed by atoms with Crippen molar-refractivity contribution in [3.8, 4) is 16.5 Å². The van der Waals surface area contributed by atoms with E-state index in [9.17, 15) is 9.18 Å². The van der Waals surface area contributed by atoms with E-state index < -0.39 is 11.8 Å². The number of halogens is 2. The minimum Gasteiger partial charge on any atom is -0.497 e. The van der Waals surface area contributed by atoms with E-state index in [4.69, 9.17) is 13.9 Å². The number of carbonyl (C=O) groups is 1. The average Bonchev–Trinajstić information content (AvgIpc) is 3.21. The molecule has 2 aromatic heterocycles. The highest BCUT2D eigenvalue weighted by atomic mass is 79.9. The molecule has 0 fully saturated rings. The second-order valence-electron chi connectivity index (χ2n) is 4.53. The topological polar surface area (TPSA) is 74.5 Å². The molecule has 6 nitrogen and oxygen atoms in total. The molecular formula is C15H10BrFN2O4S. The summed E-state index contributed by atoms with van der Waals surface area (Å²) in [5.41, 5.74) is -0.197. The van der Waals surface area contributed by atoms with Crippen LogP contribution in [0, 0.1) is 5.82 Å². The number of esters is 1. The Kier molecular flexibility index (Phi) is 4.91. The fraction of sp³-hybridized carbons (Fsp3) is 0.133. The van der Waals surface area contributed by atoms with Gasteiger partial charge in [-0.2, -0.15) is 0 Å². The van der Waals surface area contributed by atoms with Crippen molar-refractivity contribution in [2.45, 2.75) is 6.61 Å². The maximum atomic E-state index is 13.8. The Balaban J connectivity index is 1.65. The fourth-order valence-electron chi connectivity index (χ4n) is 1.83. The lowest BCUT2D eigenvalue weighted by Gasteiger charge is -2.05. The zero-order valence-electron chi connectivity index (χ0n) is 12.3. The van der Waals surface area contributed by atoms with Crippen LogP contribution in [0.25, 0.3) is 10.8 Å². The van der Waals surface area contributed by atoms with Gasteiger partial charge in [-0.1, -0.05) is 0 Å². The van der Waals surface area contributed by atoms with Crippen LogP contribution in [0.1, 0.15) is 16.2 Å². The zero-order chi connectivity index (χ0) is 17.1. The highest BCUT2D eigenvalue weighted by Gasteiger charge is 2.16. The quantitative estimate of drug-likeness (QED) is 0.588. The summed E-state index contributed by atoms with van der Waals surface area (Å²) in [5.74, 6) is -0.792. The van der Waals surface area contributed by atoms with E-state index in [1.807, 2.05) is 12.1 Å². The lowest BCUT2D eigenvalue weighted by molar-refractivity contribution is 0.0433. The molecule has 0 aliphatic carbocycles. The van der Waals surface area contributed by atoms with Crippen LogP contribution >= 0.6 is 27.3 Å². The van der Waals surface area contributed by atoms with Crippen LogP contribution in [0.4, 0.5) is 4.39 Å². The van der Waals surface area contributed by atoms with Gasteiger partial charge in [0.05, 0.1) is 21.3 Å². The Bertz CT molecular complexity index is 880. The van der Waals surface area contributed by atoms with Gasteiger partial charge in [0.2, 0.25) is 0 Å². The van der Waals surface area contributed by atoms with Crippen LogP contribution in [0.15, 0.2) is 38.5 Å². The minimum absolute atomic E-state index is 0.122. The largest absolute Gasteiger partial charge is 0.497 e. The second kappa shape index (κ2) is 7.10. The van der Waals surface area contributed by atoms with Gasteiger partial charge in [0, 0.05) is 6.07 Å². The maximum absolute atomic E-state index is 13.8. The molecule has 0 aliphatic heterocycles. The van der Waals surface area contributed by atoms with E-state index in [1.165, 1.54) is 30.6 Å². The molecule has 9 heteroatoms. The van der Waals surface area contributed by atoms with Crippen molar-refractivity contribution in [2.24, 2.45) is 0 Å². The van der Waals surface area contributed by atoms with Gasteiger partial charge in [0.1, 0.15) is 11.6 Å². The molecule has 1 aromatic carbocycles. The van der Waals surface area contributed by atoms with Crippen LogP contribution in [0.5, 0.6) is 5.75 Å². The number of aromatic nitrogens is 2. The fourth-order valence-corrected chi connectivity index (χ4v) is 3.14. The van der Waals surface area contributed by atoms with Crippen molar-refractivity contribution >= 4 is 33.2 Å². The Morgan fingerprint density at radius 2 is 2.17 bits per heavy atom. The molecule has 0 unspecified atom stereocenters. The van der Waals surface area contributed by atoms with Gasteiger partial charge in [-0.05, 0) is 40.2 Å². The summed E-state index contributed by atoms with van der Waals surface area (Å²) in [6.07, 6.45) is 0. The monoisotopic (exact) mass is 412 g/mol. The summed E-state index contributed by atoms with van der Waals surface area (Å²) in [5, 5.41) is 7.68. The first-order chi connectivity index (χ1) is 11.6. The first-order valence-corrected chi connectivity index (χ1v) is 8.26. The average molecular weight is 413 g/mol. The second-order valence-corrected chi connectivity index (χ2v) is 6.99. The van der Waals surface area contributed by atoms with Crippen molar-refractivity contribution in [1.29, 1.82) is 0 Å². The number of carbonyl (C=O) groups excluding carboxylic acids is 1. The smallest absolute Gasteiger partial charge is 0.341 e. The minimum atomic E-state index is -0.825. The summed E-state index contributed by atoms with van der Waals surface area (Å²) in [6, 6.07) is 7.55. The summed E-state index contributed by atoms with van der Waals surface area (Å²) in [7, 11) is 1.41. The van der Waals surface area contributed by atoms with E-state index in [2.05, 4.69) is 26.1 Å². The normalized spacial score (nSPS) is 10.6. The van der Waals surface area contributed by atoms with Crippen LogP contribution in [0.3, 0.4) is 0 Å². The lowest BCUT2D eigenvalue weighted by atomic mass is 10.2. The molecule has 0 N–H and O–H groups in total. The van der Waals surface area contributed by atoms with E-state index in [0.29, 0.717) is 11.6 Å². The lowest BCUT2D eigenvalue weighted by Crippen LogP contribution is -2.08. The number of nitrogens with zero attached hydrogens (tertiary/aromatic N) is 2. The predicted octanol–water partition coefficient (Wildman–Crippen LogP) is 4.07. The molecule has 3 aromatic rings. The first-order valence-electron chi connectivity index (χ1n) is 6.65. The highest BCUT2D eigenvalue weighted by Crippen LogP contribution is 2.30. The van der Waals surface area contributed by atoms with Gasteiger partial charge < -0.3 is 13.9 Å². The number of hydrogen-bond acceptors (Lipinski definition) is 7. The first kappa shape index (κ1) is 16.6. The zero-order valence-corrected chi connectivity index (χ0v) is 14.7. The molecule has 3 rings (SSSR count). The van der Waals surface area contributed by atoms with Crippen molar-refractivity contribution in [1.82, 2.24) is 10.2 Å². The predicted molar refractivity (Wildman–Crippen MR) is 87.4 cm³/mol. The molecule has 2 heterocycles. The Labute approximate surface area is 148 Å². The van der Waals surface area contributed by atoms with E-state index >= 15 is 0 Å². The molecular weight excluding hydrogens is 403 g/mol. The molecule has 0 bridgehead atoms. The van der Waals surface area contributed by atoms with Gasteiger partial charge >= 0.3 is 5.97 Å². The van der Waals surface area contributed by atoms with Gasteiger partial charge in [-0.15, -0.1) is 21.5 Å². The summed E-state index contributed by atoms with van der Waals surface area (Å²) in [6.45, 7) is -0.246. The van der Waals surface area contributed by atoms with Gasteiger partial charge in [-0.25, -0.2) is 9.18 Å². The summed E-state index contributed by atoms with van der Waals surface area (Å²) < 4.78 is 30.0. The standard InChI is InChI=1S/C15H10BrFN2O4S/c1-21-8-2-3-9(10(17)6-8)15(20)22-7-13-18-19-14(23-13)11-4-5-12(16)24-11/h2-6H,7H2,1H3. The molecule has 0 spiro atoms. The molecule has 0 saturated heterocycles. The number of thiophene rings is 1. The third kappa shape index (κ3) is 3.62. The van der Waals surface area contributed by atoms with Gasteiger partial charge in [-0.3, -0.25) is 0 Å². The Morgan fingerprint density at radius 3 is 2.83 bits per heavy atom. The number of hydrogen-bond donors (Lipinski definition) is 0. The Morgan fingerprint density at radius 1 is 1.33 bits per heavy atom. The molecule has 0 amide bonds. The molecule has 0 saturated carbocycles. The number of ether oxygens (including phenoxy) is 2. The summed E-state index contributed by atoms with van der Waals surface area (Å²) in [4.78, 5) is 12.7. The van der Waals surface area contributed by atoms with Crippen molar-refractivity contribution in [3.63, 3.8) is 0 Å². The van der Waals surface area contributed by atoms with E-state index in [0.717, 1.165) is 14.7 Å². The molecule has 24 heavy (non-hydrogen) atoms. The number of benzene rings is 1. The third-order valence-corrected chi connectivity index (χ3v) is 4.59. The summed E-state index contributed by atoms with van der Waals surface area (Å²) >= 11 is 4.78. The molecule has 0 radical (unpaired) electrons. The number of methoxy groups -OCH3 is 1. The third-order valence-electron chi connectivity index (χ3n) is 2.97.